The van der Waals surface area contributed by atoms with Crippen LogP contribution in [0.2, 0.25) is 0 Å². The molecule has 0 fully saturated rings. The number of hydrogen-bond acceptors (Lipinski definition) is 5. The van der Waals surface area contributed by atoms with Crippen molar-refractivity contribution in [2.45, 2.75) is 17.9 Å². The van der Waals surface area contributed by atoms with Crippen LogP contribution < -0.4 is 4.72 Å². The van der Waals surface area contributed by atoms with Crippen LogP contribution in [0.1, 0.15) is 18.8 Å². The second-order valence-electron chi connectivity index (χ2n) is 3.54. The Labute approximate surface area is 112 Å². The molecule has 2 rings (SSSR count). The van der Waals surface area contributed by atoms with Crippen LogP contribution in [-0.4, -0.2) is 29.0 Å². The van der Waals surface area contributed by atoms with Crippen LogP contribution in [0.25, 0.3) is 0 Å². The molecule has 0 radical (unpaired) electrons. The number of tetrazole rings is 1. The van der Waals surface area contributed by atoms with E-state index in [0.29, 0.717) is 4.47 Å². The van der Waals surface area contributed by atoms with Crippen LogP contribution in [0.15, 0.2) is 33.6 Å². The third-order valence-electron chi connectivity index (χ3n) is 2.21. The lowest BCUT2D eigenvalue weighted by atomic mass is 10.4. The fourth-order valence-electron chi connectivity index (χ4n) is 1.36. The predicted octanol–water partition coefficient (Wildman–Crippen LogP) is 1.00. The molecule has 0 saturated carbocycles. The Morgan fingerprint density at radius 2 is 2.11 bits per heavy atom. The van der Waals surface area contributed by atoms with Crippen molar-refractivity contribution in [3.8, 4) is 0 Å². The van der Waals surface area contributed by atoms with E-state index < -0.39 is 16.1 Å². The van der Waals surface area contributed by atoms with Gasteiger partial charge in [0.05, 0.1) is 10.9 Å². The Hall–Kier alpha value is -1.32. The van der Waals surface area contributed by atoms with E-state index in [-0.39, 0.29) is 10.7 Å². The largest absolute Gasteiger partial charge is 0.242 e. The van der Waals surface area contributed by atoms with E-state index in [4.69, 9.17) is 0 Å². The summed E-state index contributed by atoms with van der Waals surface area (Å²) in [5.41, 5.74) is 0. The van der Waals surface area contributed by atoms with E-state index in [1.165, 1.54) is 6.07 Å². The minimum Gasteiger partial charge on any atom is -0.207 e. The first-order valence-corrected chi connectivity index (χ1v) is 7.28. The fourth-order valence-corrected chi connectivity index (χ4v) is 3.57. The van der Waals surface area contributed by atoms with Crippen LogP contribution >= 0.6 is 15.9 Å². The first-order chi connectivity index (χ1) is 8.50. The van der Waals surface area contributed by atoms with Gasteiger partial charge in [-0.1, -0.05) is 17.3 Å². The van der Waals surface area contributed by atoms with Gasteiger partial charge in [-0.3, -0.25) is 0 Å². The van der Waals surface area contributed by atoms with Gasteiger partial charge in [0.25, 0.3) is 0 Å². The maximum Gasteiger partial charge on any atom is 0.242 e. The quantitative estimate of drug-likeness (QED) is 0.870. The molecule has 0 bridgehead atoms. The lowest BCUT2D eigenvalue weighted by Gasteiger charge is -2.11. The lowest BCUT2D eigenvalue weighted by molar-refractivity contribution is 0.559. The van der Waals surface area contributed by atoms with E-state index in [1.54, 1.807) is 25.1 Å². The topological polar surface area (TPSA) is 101 Å². The van der Waals surface area contributed by atoms with Crippen molar-refractivity contribution in [3.63, 3.8) is 0 Å². The molecular formula is C9H10BrN5O2S. The van der Waals surface area contributed by atoms with Gasteiger partial charge in [0.1, 0.15) is 0 Å². The monoisotopic (exact) mass is 331 g/mol. The van der Waals surface area contributed by atoms with Crippen LogP contribution in [0.3, 0.4) is 0 Å². The minimum atomic E-state index is -3.63. The zero-order valence-electron chi connectivity index (χ0n) is 9.33. The first-order valence-electron chi connectivity index (χ1n) is 5.01. The highest BCUT2D eigenvalue weighted by atomic mass is 79.9. The van der Waals surface area contributed by atoms with Gasteiger partial charge in [-0.05, 0) is 35.0 Å². The number of aromatic nitrogens is 4. The Balaban J connectivity index is 2.26. The Morgan fingerprint density at radius 1 is 1.39 bits per heavy atom. The second-order valence-corrected chi connectivity index (χ2v) is 6.08. The summed E-state index contributed by atoms with van der Waals surface area (Å²) >= 11 is 3.20. The summed E-state index contributed by atoms with van der Waals surface area (Å²) in [7, 11) is -3.63. The number of halogens is 1. The summed E-state index contributed by atoms with van der Waals surface area (Å²) < 4.78 is 27.2. The fraction of sp³-hybridized carbons (Fsp3) is 0.222. The van der Waals surface area contributed by atoms with Crippen molar-refractivity contribution in [2.24, 2.45) is 0 Å². The summed E-state index contributed by atoms with van der Waals surface area (Å²) in [5.74, 6) is 0.283. The van der Waals surface area contributed by atoms with Crippen LogP contribution in [0, 0.1) is 0 Å². The first kappa shape index (κ1) is 13.1. The molecule has 7 nitrogen and oxygen atoms in total. The molecule has 0 aliphatic heterocycles. The molecule has 0 amide bonds. The molecule has 0 aliphatic rings. The van der Waals surface area contributed by atoms with Crippen LogP contribution in [0.5, 0.6) is 0 Å². The minimum absolute atomic E-state index is 0.167. The van der Waals surface area contributed by atoms with E-state index in [1.807, 2.05) is 0 Å². The summed E-state index contributed by atoms with van der Waals surface area (Å²) in [6.45, 7) is 1.64. The van der Waals surface area contributed by atoms with E-state index in [0.717, 1.165) is 0 Å². The molecule has 1 atom stereocenters. The highest BCUT2D eigenvalue weighted by molar-refractivity contribution is 9.10. The van der Waals surface area contributed by atoms with Crippen molar-refractivity contribution in [1.29, 1.82) is 0 Å². The van der Waals surface area contributed by atoms with E-state index >= 15 is 0 Å². The molecule has 1 aromatic carbocycles. The molecule has 1 unspecified atom stereocenters. The SMILES string of the molecule is CC(NS(=O)(=O)c1ccccc1Br)c1nn[nH]n1. The Bertz CT molecular complexity index is 628. The molecule has 1 heterocycles. The lowest BCUT2D eigenvalue weighted by Crippen LogP contribution is -2.27. The smallest absolute Gasteiger partial charge is 0.207 e. The predicted molar refractivity (Wildman–Crippen MR) is 67.1 cm³/mol. The van der Waals surface area contributed by atoms with Gasteiger partial charge in [0, 0.05) is 4.47 Å². The third-order valence-corrected chi connectivity index (χ3v) is 4.76. The maximum absolute atomic E-state index is 12.1. The average Bonchev–Trinajstić information content (AvgIpc) is 2.82. The van der Waals surface area contributed by atoms with Gasteiger partial charge < -0.3 is 0 Å². The second kappa shape index (κ2) is 5.12. The number of rotatable bonds is 4. The highest BCUT2D eigenvalue weighted by Gasteiger charge is 2.22. The van der Waals surface area contributed by atoms with Crippen molar-refractivity contribution >= 4 is 26.0 Å². The van der Waals surface area contributed by atoms with E-state index in [2.05, 4.69) is 41.3 Å². The van der Waals surface area contributed by atoms with Crippen molar-refractivity contribution in [2.75, 3.05) is 0 Å². The molecule has 96 valence electrons. The number of nitrogens with zero attached hydrogens (tertiary/aromatic N) is 3. The summed E-state index contributed by atoms with van der Waals surface area (Å²) in [5, 5.41) is 13.1. The van der Waals surface area contributed by atoms with Crippen molar-refractivity contribution in [3.05, 3.63) is 34.6 Å². The molecule has 0 spiro atoms. The maximum atomic E-state index is 12.1. The molecule has 9 heteroatoms. The summed E-state index contributed by atoms with van der Waals surface area (Å²) in [4.78, 5) is 0.167. The van der Waals surface area contributed by atoms with Gasteiger partial charge in [0.2, 0.25) is 10.0 Å². The Morgan fingerprint density at radius 3 is 2.72 bits per heavy atom. The van der Waals surface area contributed by atoms with Crippen molar-refractivity contribution < 1.29 is 8.42 Å². The molecule has 1 aromatic heterocycles. The van der Waals surface area contributed by atoms with Crippen LogP contribution in [-0.2, 0) is 10.0 Å². The number of aromatic amines is 1. The molecule has 0 saturated heterocycles. The van der Waals surface area contributed by atoms with Gasteiger partial charge in [-0.25, -0.2) is 13.1 Å². The average molecular weight is 332 g/mol. The highest BCUT2D eigenvalue weighted by Crippen LogP contribution is 2.22. The standard InChI is InChI=1S/C9H10BrN5O2S/c1-6(9-11-14-15-12-9)13-18(16,17)8-5-3-2-4-7(8)10/h2-6,13H,1H3,(H,11,12,14,15). The molecule has 0 aliphatic carbocycles. The van der Waals surface area contributed by atoms with Gasteiger partial charge in [-0.2, -0.15) is 5.21 Å². The van der Waals surface area contributed by atoms with Gasteiger partial charge in [0.15, 0.2) is 5.82 Å². The molecule has 2 aromatic rings. The summed E-state index contributed by atoms with van der Waals surface area (Å²) in [6.07, 6.45) is 0. The molecule has 2 N–H and O–H groups in total. The number of benzene rings is 1. The number of sulfonamides is 1. The zero-order valence-corrected chi connectivity index (χ0v) is 11.7. The zero-order chi connectivity index (χ0) is 13.2. The number of H-pyrrole nitrogens is 1. The Kier molecular flexibility index (Phi) is 3.73. The van der Waals surface area contributed by atoms with Gasteiger partial charge >= 0.3 is 0 Å². The van der Waals surface area contributed by atoms with Gasteiger partial charge in [-0.15, -0.1) is 10.2 Å². The molecule has 18 heavy (non-hydrogen) atoms. The third kappa shape index (κ3) is 2.74. The number of hydrogen-bond donors (Lipinski definition) is 2. The number of nitrogens with one attached hydrogen (secondary N) is 2. The van der Waals surface area contributed by atoms with Crippen LogP contribution in [0.4, 0.5) is 0 Å². The summed E-state index contributed by atoms with van der Waals surface area (Å²) in [6, 6.07) is 5.99. The van der Waals surface area contributed by atoms with E-state index in [9.17, 15) is 8.42 Å². The normalized spacial score (nSPS) is 13.4. The molecular weight excluding hydrogens is 322 g/mol. The van der Waals surface area contributed by atoms with Crippen molar-refractivity contribution in [1.82, 2.24) is 25.3 Å².